The molecule has 1 aliphatic heterocycles. The summed E-state index contributed by atoms with van der Waals surface area (Å²) in [6.07, 6.45) is 1.77. The smallest absolute Gasteiger partial charge is 0.338 e. The van der Waals surface area contributed by atoms with Crippen molar-refractivity contribution in [1.82, 2.24) is 4.57 Å². The first-order valence-electron chi connectivity index (χ1n) is 9.60. The van der Waals surface area contributed by atoms with E-state index in [2.05, 4.69) is 4.99 Å². The third-order valence-corrected chi connectivity index (χ3v) is 6.43. The van der Waals surface area contributed by atoms with E-state index < -0.39 is 12.0 Å². The highest BCUT2D eigenvalue weighted by atomic mass is 35.5. The van der Waals surface area contributed by atoms with E-state index in [0.29, 0.717) is 36.2 Å². The molecule has 0 bridgehead atoms. The van der Waals surface area contributed by atoms with Crippen molar-refractivity contribution in [3.8, 4) is 0 Å². The number of halogens is 2. The summed E-state index contributed by atoms with van der Waals surface area (Å²) in [5, 5.41) is 1.03. The number of aromatic nitrogens is 1. The standard InChI is InChI=1S/C23H18Cl2N2O3S/c1-3-30-22(29)19-13(2)26-23-27(20(19)16-9-4-5-10-17(16)25)21(28)18(31-23)12-14-7-6-8-15(24)11-14/h4-12,20H,3H2,1-2H3/b18-12+/t20-/m1/s1. The van der Waals surface area contributed by atoms with Crippen LogP contribution in [0.3, 0.4) is 0 Å². The predicted octanol–water partition coefficient (Wildman–Crippen LogP) is 4.11. The molecule has 1 aliphatic rings. The molecule has 1 aromatic heterocycles. The first-order valence-corrected chi connectivity index (χ1v) is 11.2. The maximum atomic E-state index is 13.5. The van der Waals surface area contributed by atoms with E-state index in [0.717, 1.165) is 5.56 Å². The van der Waals surface area contributed by atoms with E-state index in [4.69, 9.17) is 27.9 Å². The van der Waals surface area contributed by atoms with E-state index >= 15 is 0 Å². The van der Waals surface area contributed by atoms with Crippen LogP contribution < -0.4 is 14.9 Å². The highest BCUT2D eigenvalue weighted by molar-refractivity contribution is 7.07. The van der Waals surface area contributed by atoms with Crippen molar-refractivity contribution in [2.24, 2.45) is 4.99 Å². The lowest BCUT2D eigenvalue weighted by Gasteiger charge is -2.25. The molecule has 158 valence electrons. The molecule has 0 saturated heterocycles. The van der Waals surface area contributed by atoms with Crippen molar-refractivity contribution in [3.63, 3.8) is 0 Å². The number of hydrogen-bond donors (Lipinski definition) is 0. The Kier molecular flexibility index (Phi) is 6.14. The zero-order chi connectivity index (χ0) is 22.1. The fourth-order valence-electron chi connectivity index (χ4n) is 3.53. The summed E-state index contributed by atoms with van der Waals surface area (Å²) in [5.74, 6) is -0.516. The van der Waals surface area contributed by atoms with Crippen LogP contribution in [0.15, 0.2) is 69.6 Å². The van der Waals surface area contributed by atoms with Crippen LogP contribution in [0.1, 0.15) is 31.0 Å². The third-order valence-electron chi connectivity index (χ3n) is 4.86. The Balaban J connectivity index is 1.99. The number of ether oxygens (including phenoxy) is 1. The van der Waals surface area contributed by atoms with Gasteiger partial charge in [0.25, 0.3) is 5.56 Å². The number of rotatable bonds is 4. The number of allylic oxidation sites excluding steroid dienone is 1. The molecule has 1 atom stereocenters. The van der Waals surface area contributed by atoms with Gasteiger partial charge in [-0.1, -0.05) is 64.9 Å². The van der Waals surface area contributed by atoms with E-state index in [1.54, 1.807) is 50.3 Å². The van der Waals surface area contributed by atoms with E-state index in [9.17, 15) is 9.59 Å². The average Bonchev–Trinajstić information content (AvgIpc) is 3.02. The van der Waals surface area contributed by atoms with Gasteiger partial charge in [-0.05, 0) is 49.2 Å². The quantitative estimate of drug-likeness (QED) is 0.536. The summed E-state index contributed by atoms with van der Waals surface area (Å²) < 4.78 is 7.28. The Hall–Kier alpha value is -2.67. The molecule has 0 unspecified atom stereocenters. The largest absolute Gasteiger partial charge is 0.463 e. The van der Waals surface area contributed by atoms with Crippen LogP contribution >= 0.6 is 34.5 Å². The van der Waals surface area contributed by atoms with E-state index in [-0.39, 0.29) is 12.2 Å². The summed E-state index contributed by atoms with van der Waals surface area (Å²) in [6.45, 7) is 3.69. The van der Waals surface area contributed by atoms with Crippen LogP contribution in [0.25, 0.3) is 6.08 Å². The molecule has 0 radical (unpaired) electrons. The van der Waals surface area contributed by atoms with Gasteiger partial charge in [0.2, 0.25) is 0 Å². The van der Waals surface area contributed by atoms with Crippen LogP contribution in [0.5, 0.6) is 0 Å². The summed E-state index contributed by atoms with van der Waals surface area (Å²) in [4.78, 5) is 31.3. The van der Waals surface area contributed by atoms with E-state index in [1.807, 2.05) is 18.2 Å². The number of esters is 1. The van der Waals surface area contributed by atoms with Gasteiger partial charge in [-0.25, -0.2) is 9.79 Å². The Morgan fingerprint density at radius 2 is 2.00 bits per heavy atom. The van der Waals surface area contributed by atoms with Gasteiger partial charge < -0.3 is 4.74 Å². The topological polar surface area (TPSA) is 60.7 Å². The van der Waals surface area contributed by atoms with Gasteiger partial charge >= 0.3 is 5.97 Å². The first-order chi connectivity index (χ1) is 14.9. The minimum absolute atomic E-state index is 0.212. The maximum absolute atomic E-state index is 13.5. The third kappa shape index (κ3) is 4.11. The number of hydrogen-bond acceptors (Lipinski definition) is 5. The second-order valence-corrected chi connectivity index (χ2v) is 8.73. The van der Waals surface area contributed by atoms with Gasteiger partial charge in [-0.15, -0.1) is 0 Å². The SMILES string of the molecule is CCOC(=O)C1=C(C)N=c2s/c(=C/c3cccc(Cl)c3)c(=O)n2[C@@H]1c1ccccc1Cl. The molecule has 0 spiro atoms. The molecule has 0 saturated carbocycles. The van der Waals surface area contributed by atoms with Crippen LogP contribution in [0.2, 0.25) is 10.0 Å². The Morgan fingerprint density at radius 3 is 2.71 bits per heavy atom. The Bertz CT molecular complexity index is 1390. The summed E-state index contributed by atoms with van der Waals surface area (Å²) >= 11 is 13.8. The Morgan fingerprint density at radius 1 is 1.23 bits per heavy atom. The van der Waals surface area contributed by atoms with E-state index in [1.165, 1.54) is 15.9 Å². The van der Waals surface area contributed by atoms with Crippen molar-refractivity contribution in [1.29, 1.82) is 0 Å². The monoisotopic (exact) mass is 472 g/mol. The van der Waals surface area contributed by atoms with Gasteiger partial charge in [-0.2, -0.15) is 0 Å². The number of benzene rings is 2. The van der Waals surface area contributed by atoms with Crippen LogP contribution in [-0.4, -0.2) is 17.1 Å². The molecule has 0 aliphatic carbocycles. The zero-order valence-electron chi connectivity index (χ0n) is 16.8. The molecule has 2 aromatic carbocycles. The van der Waals surface area contributed by atoms with Crippen molar-refractivity contribution in [2.75, 3.05) is 6.61 Å². The fourth-order valence-corrected chi connectivity index (χ4v) is 5.01. The van der Waals surface area contributed by atoms with Crippen molar-refractivity contribution in [2.45, 2.75) is 19.9 Å². The summed E-state index contributed by atoms with van der Waals surface area (Å²) in [6, 6.07) is 13.7. The van der Waals surface area contributed by atoms with Crippen LogP contribution in [0, 0.1) is 0 Å². The number of carbonyl (C=O) groups is 1. The molecule has 8 heteroatoms. The Labute approximate surface area is 192 Å². The summed E-state index contributed by atoms with van der Waals surface area (Å²) in [7, 11) is 0. The second-order valence-electron chi connectivity index (χ2n) is 6.88. The van der Waals surface area contributed by atoms with Crippen molar-refractivity contribution >= 4 is 46.6 Å². The second kappa shape index (κ2) is 8.83. The lowest BCUT2D eigenvalue weighted by Crippen LogP contribution is -2.40. The highest BCUT2D eigenvalue weighted by Crippen LogP contribution is 2.34. The zero-order valence-corrected chi connectivity index (χ0v) is 19.1. The normalized spacial score (nSPS) is 16.1. The molecule has 0 fully saturated rings. The van der Waals surface area contributed by atoms with Gasteiger partial charge in [0, 0.05) is 10.0 Å². The lowest BCUT2D eigenvalue weighted by molar-refractivity contribution is -0.139. The molecule has 5 nitrogen and oxygen atoms in total. The average molecular weight is 473 g/mol. The number of thiazole rings is 1. The molecule has 31 heavy (non-hydrogen) atoms. The molecule has 0 N–H and O–H groups in total. The molecule has 2 heterocycles. The van der Waals surface area contributed by atoms with Gasteiger partial charge in [0.05, 0.1) is 22.4 Å². The highest BCUT2D eigenvalue weighted by Gasteiger charge is 2.34. The number of fused-ring (bicyclic) bond motifs is 1. The van der Waals surface area contributed by atoms with Crippen LogP contribution in [0.4, 0.5) is 0 Å². The molecular formula is C23H18Cl2N2O3S. The van der Waals surface area contributed by atoms with Crippen molar-refractivity contribution < 1.29 is 9.53 Å². The molecular weight excluding hydrogens is 455 g/mol. The lowest BCUT2D eigenvalue weighted by atomic mass is 9.96. The van der Waals surface area contributed by atoms with Gasteiger partial charge in [0.15, 0.2) is 4.80 Å². The molecule has 3 aromatic rings. The van der Waals surface area contributed by atoms with Gasteiger partial charge in [0.1, 0.15) is 6.04 Å². The number of nitrogens with zero attached hydrogens (tertiary/aromatic N) is 2. The summed E-state index contributed by atoms with van der Waals surface area (Å²) in [5.41, 5.74) is 1.98. The predicted molar refractivity (Wildman–Crippen MR) is 123 cm³/mol. The minimum atomic E-state index is -0.731. The van der Waals surface area contributed by atoms with Crippen molar-refractivity contribution in [3.05, 3.63) is 101 Å². The molecule has 4 rings (SSSR count). The van der Waals surface area contributed by atoms with Crippen LogP contribution in [-0.2, 0) is 9.53 Å². The fraction of sp³-hybridized carbons (Fsp3) is 0.174. The number of carbonyl (C=O) groups excluding carboxylic acids is 1. The van der Waals surface area contributed by atoms with Gasteiger partial charge in [-0.3, -0.25) is 9.36 Å². The first kappa shape index (κ1) is 21.6. The maximum Gasteiger partial charge on any atom is 0.338 e. The molecule has 0 amide bonds. The minimum Gasteiger partial charge on any atom is -0.463 e.